The van der Waals surface area contributed by atoms with Crippen molar-refractivity contribution in [3.05, 3.63) is 48.5 Å². The van der Waals surface area contributed by atoms with Gasteiger partial charge in [0, 0.05) is 7.05 Å². The number of carbonyl (C=O) groups is 1. The molecule has 24 heavy (non-hydrogen) atoms. The highest BCUT2D eigenvalue weighted by atomic mass is 32.2. The van der Waals surface area contributed by atoms with Crippen molar-refractivity contribution in [3.63, 3.8) is 0 Å². The zero-order chi connectivity index (χ0) is 17.9. The Kier molecular flexibility index (Phi) is 8.35. The van der Waals surface area contributed by atoms with Gasteiger partial charge in [-0.05, 0) is 48.5 Å². The Morgan fingerprint density at radius 2 is 1.58 bits per heavy atom. The van der Waals surface area contributed by atoms with Crippen LogP contribution < -0.4 is 14.2 Å². The van der Waals surface area contributed by atoms with Crippen LogP contribution in [0.25, 0.3) is 0 Å². The highest BCUT2D eigenvalue weighted by Crippen LogP contribution is 2.20. The summed E-state index contributed by atoms with van der Waals surface area (Å²) >= 11 is -1.68. The number of rotatable bonds is 6. The van der Waals surface area contributed by atoms with Gasteiger partial charge in [-0.25, -0.2) is 4.21 Å². The lowest BCUT2D eigenvalue weighted by Gasteiger charge is -2.07. The normalized spacial score (nSPS) is 10.8. The molecule has 0 aliphatic carbocycles. The molecule has 0 heterocycles. The number of hydrogen-bond acceptors (Lipinski definition) is 5. The molecule has 2 aromatic carbocycles. The van der Waals surface area contributed by atoms with Crippen molar-refractivity contribution < 1.29 is 23.0 Å². The maximum absolute atomic E-state index is 12.0. The first-order valence-electron chi connectivity index (χ1n) is 7.41. The number of nitrogens with one attached hydrogen (secondary N) is 1. The summed E-state index contributed by atoms with van der Waals surface area (Å²) in [6.45, 7) is 3.92. The van der Waals surface area contributed by atoms with Crippen molar-refractivity contribution in [2.75, 3.05) is 13.7 Å². The van der Waals surface area contributed by atoms with Crippen LogP contribution in [0, 0.1) is 0 Å². The van der Waals surface area contributed by atoms with Crippen LogP contribution in [0.4, 0.5) is 0 Å². The Hall–Kier alpha value is -2.54. The lowest BCUT2D eigenvalue weighted by atomic mass is 10.3. The molecule has 2 aromatic rings. The van der Waals surface area contributed by atoms with E-state index in [9.17, 15) is 14.1 Å². The average molecular weight is 351 g/mol. The summed E-state index contributed by atoms with van der Waals surface area (Å²) < 4.78 is 22.6. The molecule has 0 bridgehead atoms. The van der Waals surface area contributed by atoms with Gasteiger partial charge in [0.15, 0.2) is 6.61 Å². The summed E-state index contributed by atoms with van der Waals surface area (Å²) in [5.74, 6) is 0.754. The fraction of sp³-hybridized carbons (Fsp3) is 0.235. The van der Waals surface area contributed by atoms with E-state index in [0.717, 1.165) is 0 Å². The summed E-state index contributed by atoms with van der Waals surface area (Å²) in [6.07, 6.45) is 0. The molecule has 2 rings (SSSR count). The lowest BCUT2D eigenvalue weighted by molar-refractivity contribution is -0.122. The Bertz CT molecular complexity index is 656. The maximum atomic E-state index is 12.0. The minimum absolute atomic E-state index is 0.0804. The number of aromatic hydroxyl groups is 1. The van der Waals surface area contributed by atoms with Gasteiger partial charge in [-0.3, -0.25) is 4.79 Å². The molecule has 0 aliphatic rings. The third-order valence-corrected chi connectivity index (χ3v) is 3.67. The van der Waals surface area contributed by atoms with E-state index in [1.807, 2.05) is 13.8 Å². The molecular formula is C17H21NO5S. The van der Waals surface area contributed by atoms with Gasteiger partial charge in [0.2, 0.25) is 11.1 Å². The van der Waals surface area contributed by atoms with Crippen molar-refractivity contribution in [3.8, 4) is 17.2 Å². The van der Waals surface area contributed by atoms with Crippen molar-refractivity contribution in [2.24, 2.45) is 0 Å². The number of phenolic OH excluding ortho intramolecular Hbond substituents is 1. The van der Waals surface area contributed by atoms with Crippen LogP contribution in [-0.2, 0) is 15.9 Å². The van der Waals surface area contributed by atoms with Gasteiger partial charge in [0.1, 0.15) is 17.2 Å². The molecule has 0 fully saturated rings. The van der Waals surface area contributed by atoms with Crippen molar-refractivity contribution >= 4 is 17.0 Å². The molecule has 0 saturated carbocycles. The topological polar surface area (TPSA) is 84.9 Å². The van der Waals surface area contributed by atoms with Crippen molar-refractivity contribution in [1.82, 2.24) is 5.32 Å². The van der Waals surface area contributed by atoms with Crippen molar-refractivity contribution in [1.29, 1.82) is 0 Å². The van der Waals surface area contributed by atoms with Gasteiger partial charge in [-0.2, -0.15) is 0 Å². The van der Waals surface area contributed by atoms with Crippen LogP contribution in [0.2, 0.25) is 0 Å². The molecule has 130 valence electrons. The van der Waals surface area contributed by atoms with Gasteiger partial charge in [-0.1, -0.05) is 13.8 Å². The van der Waals surface area contributed by atoms with Crippen LogP contribution in [0.5, 0.6) is 17.2 Å². The fourth-order valence-corrected chi connectivity index (χ4v) is 2.25. The second kappa shape index (κ2) is 10.3. The van der Waals surface area contributed by atoms with Crippen LogP contribution in [0.15, 0.2) is 53.4 Å². The first kappa shape index (κ1) is 19.5. The van der Waals surface area contributed by atoms with Crippen LogP contribution in [0.3, 0.4) is 0 Å². The first-order chi connectivity index (χ1) is 11.6. The summed E-state index contributed by atoms with van der Waals surface area (Å²) in [7, 11) is 1.53. The van der Waals surface area contributed by atoms with Crippen LogP contribution in [-0.4, -0.2) is 28.9 Å². The number of ether oxygens (including phenoxy) is 1. The molecule has 0 saturated heterocycles. The van der Waals surface area contributed by atoms with E-state index in [0.29, 0.717) is 16.4 Å². The molecule has 0 aromatic heterocycles. The monoisotopic (exact) mass is 351 g/mol. The van der Waals surface area contributed by atoms with Crippen LogP contribution in [0.1, 0.15) is 13.8 Å². The van der Waals surface area contributed by atoms with Gasteiger partial charge in [0.05, 0.1) is 4.90 Å². The number of carbonyl (C=O) groups excluding carboxylic acids is 1. The molecular weight excluding hydrogens is 330 g/mol. The lowest BCUT2D eigenvalue weighted by Crippen LogP contribution is -2.24. The summed E-state index contributed by atoms with van der Waals surface area (Å²) in [5.41, 5.74) is 0. The van der Waals surface area contributed by atoms with E-state index < -0.39 is 11.1 Å². The van der Waals surface area contributed by atoms with Crippen molar-refractivity contribution in [2.45, 2.75) is 18.7 Å². The number of benzene rings is 2. The van der Waals surface area contributed by atoms with Crippen LogP contribution >= 0.6 is 0 Å². The highest BCUT2D eigenvalue weighted by Gasteiger charge is 2.07. The Labute approximate surface area is 144 Å². The minimum atomic E-state index is -1.68. The minimum Gasteiger partial charge on any atom is -0.508 e. The van der Waals surface area contributed by atoms with E-state index in [2.05, 4.69) is 5.32 Å². The van der Waals surface area contributed by atoms with E-state index in [1.54, 1.807) is 24.3 Å². The SMILES string of the molecule is CC.CNC(=O)COc1ccc(S(=O)Oc2ccc(O)cc2)cc1. The molecule has 1 amide bonds. The van der Waals surface area contributed by atoms with Gasteiger partial charge >= 0.3 is 0 Å². The van der Waals surface area contributed by atoms with E-state index in [1.165, 1.54) is 31.3 Å². The number of phenols is 1. The zero-order valence-electron chi connectivity index (χ0n) is 13.8. The Morgan fingerprint density at radius 1 is 1.04 bits per heavy atom. The predicted molar refractivity (Wildman–Crippen MR) is 92.5 cm³/mol. The molecule has 0 radical (unpaired) electrons. The fourth-order valence-electron chi connectivity index (χ4n) is 1.51. The second-order valence-corrected chi connectivity index (χ2v) is 5.35. The number of hydrogen-bond donors (Lipinski definition) is 2. The molecule has 7 heteroatoms. The van der Waals surface area contributed by atoms with Gasteiger partial charge in [0.25, 0.3) is 5.91 Å². The van der Waals surface area contributed by atoms with E-state index in [-0.39, 0.29) is 18.3 Å². The largest absolute Gasteiger partial charge is 0.508 e. The smallest absolute Gasteiger partial charge is 0.257 e. The molecule has 0 spiro atoms. The molecule has 6 nitrogen and oxygen atoms in total. The quantitative estimate of drug-likeness (QED) is 0.836. The Balaban J connectivity index is 0.00000139. The first-order valence-corrected chi connectivity index (χ1v) is 8.48. The molecule has 1 unspecified atom stereocenters. The zero-order valence-corrected chi connectivity index (χ0v) is 14.6. The second-order valence-electron chi connectivity index (χ2n) is 4.25. The number of amides is 1. The standard InChI is InChI=1S/C15H15NO5S.C2H6/c1-16-15(18)10-20-12-6-8-14(9-7-12)22(19)21-13-4-2-11(17)3-5-13;1-2/h2-9,17H,10H2,1H3,(H,16,18);1-2H3. The number of likely N-dealkylation sites (N-methyl/N-ethyl adjacent to an activating group) is 1. The highest BCUT2D eigenvalue weighted by molar-refractivity contribution is 7.80. The maximum Gasteiger partial charge on any atom is 0.257 e. The van der Waals surface area contributed by atoms with Gasteiger partial charge in [-0.15, -0.1) is 0 Å². The van der Waals surface area contributed by atoms with E-state index in [4.69, 9.17) is 8.92 Å². The molecule has 2 N–H and O–H groups in total. The van der Waals surface area contributed by atoms with Gasteiger partial charge < -0.3 is 19.3 Å². The Morgan fingerprint density at radius 3 is 2.12 bits per heavy atom. The predicted octanol–water partition coefficient (Wildman–Crippen LogP) is 2.64. The average Bonchev–Trinajstić information content (AvgIpc) is 2.63. The third-order valence-electron chi connectivity index (χ3n) is 2.67. The molecule has 1 atom stereocenters. The molecule has 0 aliphatic heterocycles. The summed E-state index contributed by atoms with van der Waals surface area (Å²) in [5, 5.41) is 11.6. The summed E-state index contributed by atoms with van der Waals surface area (Å²) in [6, 6.07) is 12.3. The van der Waals surface area contributed by atoms with E-state index >= 15 is 0 Å². The third kappa shape index (κ3) is 6.29. The summed E-state index contributed by atoms with van der Waals surface area (Å²) in [4.78, 5) is 11.5.